The molecule has 0 aromatic heterocycles. The molecule has 5 nitrogen and oxygen atoms in total. The van der Waals surface area contributed by atoms with Crippen molar-refractivity contribution in [3.63, 3.8) is 0 Å². The van der Waals surface area contributed by atoms with Gasteiger partial charge in [0.2, 0.25) is 0 Å². The quantitative estimate of drug-likeness (QED) is 0.700. The summed E-state index contributed by atoms with van der Waals surface area (Å²) in [6.07, 6.45) is 0. The van der Waals surface area contributed by atoms with Crippen LogP contribution in [-0.2, 0) is 4.79 Å². The fourth-order valence-corrected chi connectivity index (χ4v) is 0.736. The zero-order chi connectivity index (χ0) is 10.6. The van der Waals surface area contributed by atoms with Crippen LogP contribution < -0.4 is 0 Å². The average Bonchev–Trinajstić information content (AvgIpc) is 2.12. The van der Waals surface area contributed by atoms with E-state index in [1.807, 2.05) is 6.92 Å². The summed E-state index contributed by atoms with van der Waals surface area (Å²) in [5.74, 6) is -1.000. The lowest BCUT2D eigenvalue weighted by atomic mass is 10.3. The molecule has 13 heavy (non-hydrogen) atoms. The first-order valence-electron chi connectivity index (χ1n) is 4.12. The Morgan fingerprint density at radius 1 is 1.38 bits per heavy atom. The monoisotopic (exact) mass is 188 g/mol. The third-order valence-electron chi connectivity index (χ3n) is 2.04. The Morgan fingerprint density at radius 2 is 1.85 bits per heavy atom. The van der Waals surface area contributed by atoms with Gasteiger partial charge in [-0.25, -0.2) is 9.59 Å². The second kappa shape index (κ2) is 4.69. The maximum Gasteiger partial charge on any atom is 0.326 e. The fourth-order valence-electron chi connectivity index (χ4n) is 0.736. The van der Waals surface area contributed by atoms with Gasteiger partial charge < -0.3 is 14.9 Å². The minimum absolute atomic E-state index is 0.280. The maximum atomic E-state index is 11.4. The van der Waals surface area contributed by atoms with Crippen molar-refractivity contribution >= 4 is 12.0 Å². The lowest BCUT2D eigenvalue weighted by molar-refractivity contribution is -0.141. The predicted molar refractivity (Wildman–Crippen MR) is 48.6 cm³/mol. The maximum absolute atomic E-state index is 11.4. The molecule has 5 heteroatoms. The van der Waals surface area contributed by atoms with Gasteiger partial charge in [0.25, 0.3) is 0 Å². The van der Waals surface area contributed by atoms with Gasteiger partial charge in [0.15, 0.2) is 0 Å². The van der Waals surface area contributed by atoms with Crippen LogP contribution in [0.15, 0.2) is 0 Å². The van der Waals surface area contributed by atoms with Crippen LogP contribution >= 0.6 is 0 Å². The Bertz CT molecular complexity index is 206. The predicted octanol–water partition coefficient (Wildman–Crippen LogP) is 0.463. The Hall–Kier alpha value is -1.26. The number of carbonyl (C=O) groups excluding carboxylic acids is 1. The number of amides is 2. The molecule has 2 amide bonds. The average molecular weight is 188 g/mol. The number of carboxylic acids is 1. The molecule has 0 aliphatic heterocycles. The molecular formula is C8H16N2O3. The first-order valence-corrected chi connectivity index (χ1v) is 4.12. The van der Waals surface area contributed by atoms with Gasteiger partial charge in [0.05, 0.1) is 0 Å². The van der Waals surface area contributed by atoms with Gasteiger partial charge in [-0.3, -0.25) is 0 Å². The van der Waals surface area contributed by atoms with Crippen LogP contribution in [0.1, 0.15) is 13.8 Å². The lowest BCUT2D eigenvalue weighted by Gasteiger charge is -2.26. The molecule has 1 atom stereocenters. The summed E-state index contributed by atoms with van der Waals surface area (Å²) in [5, 5.41) is 8.64. The third-order valence-corrected chi connectivity index (χ3v) is 2.04. The Labute approximate surface area is 77.9 Å². The summed E-state index contributed by atoms with van der Waals surface area (Å²) in [6, 6.07) is -1.07. The highest BCUT2D eigenvalue weighted by molar-refractivity contribution is 5.81. The van der Waals surface area contributed by atoms with E-state index in [-0.39, 0.29) is 6.03 Å². The summed E-state index contributed by atoms with van der Waals surface area (Å²) < 4.78 is 0. The van der Waals surface area contributed by atoms with Crippen LogP contribution in [0.4, 0.5) is 4.79 Å². The number of hydrogen-bond donors (Lipinski definition) is 1. The van der Waals surface area contributed by atoms with Crippen LogP contribution in [0.25, 0.3) is 0 Å². The molecule has 0 fully saturated rings. The molecular weight excluding hydrogens is 172 g/mol. The van der Waals surface area contributed by atoms with Crippen molar-refractivity contribution in [2.45, 2.75) is 19.9 Å². The van der Waals surface area contributed by atoms with Crippen molar-refractivity contribution in [3.8, 4) is 0 Å². The molecule has 0 saturated heterocycles. The zero-order valence-corrected chi connectivity index (χ0v) is 8.44. The van der Waals surface area contributed by atoms with E-state index >= 15 is 0 Å². The molecule has 76 valence electrons. The van der Waals surface area contributed by atoms with Crippen molar-refractivity contribution in [3.05, 3.63) is 0 Å². The minimum Gasteiger partial charge on any atom is -0.480 e. The summed E-state index contributed by atoms with van der Waals surface area (Å²) in [6.45, 7) is 3.87. The summed E-state index contributed by atoms with van der Waals surface area (Å²) in [4.78, 5) is 24.6. The lowest BCUT2D eigenvalue weighted by Crippen LogP contribution is -2.46. The number of hydrogen-bond acceptors (Lipinski definition) is 2. The minimum atomic E-state index is -1.000. The molecule has 0 bridgehead atoms. The second-order valence-corrected chi connectivity index (χ2v) is 2.92. The molecule has 0 radical (unpaired) electrons. The molecule has 0 aromatic rings. The number of likely N-dealkylation sites (N-methyl/N-ethyl adjacent to an activating group) is 1. The smallest absolute Gasteiger partial charge is 0.326 e. The van der Waals surface area contributed by atoms with Crippen LogP contribution in [0.5, 0.6) is 0 Å². The van der Waals surface area contributed by atoms with Gasteiger partial charge >= 0.3 is 12.0 Å². The largest absolute Gasteiger partial charge is 0.480 e. The van der Waals surface area contributed by atoms with E-state index in [4.69, 9.17) is 5.11 Å². The highest BCUT2D eigenvalue weighted by Gasteiger charge is 2.23. The van der Waals surface area contributed by atoms with Gasteiger partial charge in [0.1, 0.15) is 6.04 Å². The molecule has 1 N–H and O–H groups in total. The normalized spacial score (nSPS) is 12.0. The van der Waals surface area contributed by atoms with Gasteiger partial charge in [-0.05, 0) is 13.8 Å². The van der Waals surface area contributed by atoms with Crippen LogP contribution in [-0.4, -0.2) is 53.6 Å². The van der Waals surface area contributed by atoms with Crippen molar-refractivity contribution in [1.82, 2.24) is 9.80 Å². The molecule has 0 spiro atoms. The first-order chi connectivity index (χ1) is 5.91. The Balaban J connectivity index is 4.33. The number of rotatable bonds is 3. The van der Waals surface area contributed by atoms with E-state index in [9.17, 15) is 9.59 Å². The van der Waals surface area contributed by atoms with Crippen LogP contribution in [0, 0.1) is 0 Å². The Morgan fingerprint density at radius 3 is 2.15 bits per heavy atom. The van der Waals surface area contributed by atoms with E-state index in [0.29, 0.717) is 6.54 Å². The van der Waals surface area contributed by atoms with E-state index < -0.39 is 12.0 Å². The SMILES string of the molecule is CCN(C)C(=O)N(C)C(C)C(=O)O. The molecule has 0 aliphatic carbocycles. The number of aliphatic carboxylic acids is 1. The molecule has 0 rings (SSSR count). The molecule has 0 aromatic carbocycles. The number of nitrogens with zero attached hydrogens (tertiary/aromatic N) is 2. The highest BCUT2D eigenvalue weighted by atomic mass is 16.4. The first kappa shape index (κ1) is 11.7. The summed E-state index contributed by atoms with van der Waals surface area (Å²) in [5.41, 5.74) is 0. The van der Waals surface area contributed by atoms with Gasteiger partial charge in [-0.1, -0.05) is 0 Å². The van der Waals surface area contributed by atoms with Crippen molar-refractivity contribution in [2.24, 2.45) is 0 Å². The topological polar surface area (TPSA) is 60.9 Å². The van der Waals surface area contributed by atoms with Crippen LogP contribution in [0.2, 0.25) is 0 Å². The van der Waals surface area contributed by atoms with E-state index in [1.165, 1.54) is 23.8 Å². The van der Waals surface area contributed by atoms with Crippen molar-refractivity contribution in [2.75, 3.05) is 20.6 Å². The second-order valence-electron chi connectivity index (χ2n) is 2.92. The van der Waals surface area contributed by atoms with Gasteiger partial charge in [-0.2, -0.15) is 0 Å². The molecule has 0 heterocycles. The molecule has 0 saturated carbocycles. The van der Waals surface area contributed by atoms with E-state index in [1.54, 1.807) is 7.05 Å². The molecule has 1 unspecified atom stereocenters. The standard InChI is InChI=1S/C8H16N2O3/c1-5-9(3)8(13)10(4)6(2)7(11)12/h6H,5H2,1-4H3,(H,11,12). The van der Waals surface area contributed by atoms with Gasteiger partial charge in [-0.15, -0.1) is 0 Å². The van der Waals surface area contributed by atoms with E-state index in [0.717, 1.165) is 0 Å². The number of carboxylic acid groups (broad SMARTS) is 1. The Kier molecular flexibility index (Phi) is 4.23. The van der Waals surface area contributed by atoms with Crippen molar-refractivity contribution < 1.29 is 14.7 Å². The van der Waals surface area contributed by atoms with Crippen molar-refractivity contribution in [1.29, 1.82) is 0 Å². The third kappa shape index (κ3) is 2.93. The summed E-state index contributed by atoms with van der Waals surface area (Å²) in [7, 11) is 3.11. The fraction of sp³-hybridized carbons (Fsp3) is 0.750. The number of carbonyl (C=O) groups is 2. The zero-order valence-electron chi connectivity index (χ0n) is 8.44. The highest BCUT2D eigenvalue weighted by Crippen LogP contribution is 2.00. The number of urea groups is 1. The van der Waals surface area contributed by atoms with Gasteiger partial charge in [0, 0.05) is 20.6 Å². The summed E-state index contributed by atoms with van der Waals surface area (Å²) >= 11 is 0. The van der Waals surface area contributed by atoms with Crippen LogP contribution in [0.3, 0.4) is 0 Å². The molecule has 0 aliphatic rings. The van der Waals surface area contributed by atoms with E-state index in [2.05, 4.69) is 0 Å².